The first-order chi connectivity index (χ1) is 15.6. The first-order valence-electron chi connectivity index (χ1n) is 10.6. The molecule has 0 bridgehead atoms. The average Bonchev–Trinajstić information content (AvgIpc) is 2.81. The number of nitrogens with zero attached hydrogens (tertiary/aromatic N) is 3. The van der Waals surface area contributed by atoms with Crippen molar-refractivity contribution in [2.75, 3.05) is 25.4 Å². The Kier molecular flexibility index (Phi) is 6.77. The number of nitrogen functional groups attached to an aromatic ring is 1. The second kappa shape index (κ2) is 10.1. The Balaban J connectivity index is 1.50. The van der Waals surface area contributed by atoms with E-state index in [-0.39, 0.29) is 11.9 Å². The fourth-order valence-electron chi connectivity index (χ4n) is 3.75. The summed E-state index contributed by atoms with van der Waals surface area (Å²) in [5.41, 5.74) is 7.69. The molecule has 1 aromatic heterocycles. The Morgan fingerprint density at radius 3 is 2.62 bits per heavy atom. The Labute approximate surface area is 187 Å². The minimum atomic E-state index is -0.0879. The summed E-state index contributed by atoms with van der Waals surface area (Å²) in [4.78, 5) is 22.3. The number of carbonyl (C=O) groups is 1. The van der Waals surface area contributed by atoms with Crippen LogP contribution in [0.4, 0.5) is 5.82 Å². The molecular weight excluding hydrogens is 404 g/mol. The highest BCUT2D eigenvalue weighted by Crippen LogP contribution is 2.35. The lowest BCUT2D eigenvalue weighted by Gasteiger charge is -2.32. The van der Waals surface area contributed by atoms with E-state index in [0.717, 1.165) is 30.7 Å². The lowest BCUT2D eigenvalue weighted by atomic mass is 10.1. The van der Waals surface area contributed by atoms with E-state index in [0.29, 0.717) is 36.1 Å². The number of ketones is 1. The summed E-state index contributed by atoms with van der Waals surface area (Å²) in [6.07, 6.45) is 4.50. The number of piperidine rings is 1. The summed E-state index contributed by atoms with van der Waals surface area (Å²) < 4.78 is 12.1. The van der Waals surface area contributed by atoms with Crippen LogP contribution in [0.25, 0.3) is 11.1 Å². The van der Waals surface area contributed by atoms with Crippen LogP contribution in [-0.4, -0.2) is 46.4 Å². The van der Waals surface area contributed by atoms with E-state index in [1.807, 2.05) is 54.6 Å². The van der Waals surface area contributed by atoms with Crippen LogP contribution in [0.15, 0.2) is 73.6 Å². The lowest BCUT2D eigenvalue weighted by Crippen LogP contribution is -2.43. The second-order valence-corrected chi connectivity index (χ2v) is 7.67. The van der Waals surface area contributed by atoms with Crippen LogP contribution < -0.4 is 15.2 Å². The molecule has 0 amide bonds. The van der Waals surface area contributed by atoms with Crippen LogP contribution in [-0.2, 0) is 4.79 Å². The molecule has 1 aliphatic heterocycles. The fourth-order valence-corrected chi connectivity index (χ4v) is 3.75. The minimum Gasteiger partial charge on any atom is -0.472 e. The van der Waals surface area contributed by atoms with E-state index in [1.54, 1.807) is 0 Å². The Hall–Kier alpha value is -3.71. The molecule has 1 fully saturated rings. The zero-order valence-electron chi connectivity index (χ0n) is 17.8. The van der Waals surface area contributed by atoms with Crippen LogP contribution in [0, 0.1) is 0 Å². The van der Waals surface area contributed by atoms with Gasteiger partial charge in [-0.3, -0.25) is 9.69 Å². The SMILES string of the molecule is C=CC(=O)CN1CCC[C@@H](Oc2ncnc(N)c2-c2ccc(Oc3ccccc3)cc2)C1. The van der Waals surface area contributed by atoms with Crippen LogP contribution in [0.1, 0.15) is 12.8 Å². The standard InChI is InChI=1S/C25H26N4O3/c1-2-19(30)15-29-14-6-9-22(16-29)32-25-23(24(26)27-17-28-25)18-10-12-21(13-11-18)31-20-7-4-3-5-8-20/h2-5,7-8,10-13,17,22H,1,6,9,14-16H2,(H2,26,27,28)/t22-/m1/s1. The van der Waals surface area contributed by atoms with Crippen molar-refractivity contribution in [3.63, 3.8) is 0 Å². The van der Waals surface area contributed by atoms with E-state index < -0.39 is 0 Å². The third-order valence-electron chi connectivity index (χ3n) is 5.31. The van der Waals surface area contributed by atoms with Crippen LogP contribution in [0.3, 0.4) is 0 Å². The number of hydrogen-bond acceptors (Lipinski definition) is 7. The number of rotatable bonds is 8. The molecule has 0 saturated carbocycles. The zero-order chi connectivity index (χ0) is 22.3. The van der Waals surface area contributed by atoms with Crippen molar-refractivity contribution in [1.29, 1.82) is 0 Å². The molecule has 0 radical (unpaired) electrons. The van der Waals surface area contributed by atoms with Crippen molar-refractivity contribution in [1.82, 2.24) is 14.9 Å². The third kappa shape index (κ3) is 5.31. The Morgan fingerprint density at radius 2 is 1.88 bits per heavy atom. The average molecular weight is 431 g/mol. The highest BCUT2D eigenvalue weighted by Gasteiger charge is 2.24. The third-order valence-corrected chi connectivity index (χ3v) is 5.31. The van der Waals surface area contributed by atoms with Gasteiger partial charge in [0.1, 0.15) is 29.7 Å². The Morgan fingerprint density at radius 1 is 1.12 bits per heavy atom. The van der Waals surface area contributed by atoms with Gasteiger partial charge in [-0.15, -0.1) is 0 Å². The summed E-state index contributed by atoms with van der Waals surface area (Å²) >= 11 is 0. The normalized spacial score (nSPS) is 16.3. The quantitative estimate of drug-likeness (QED) is 0.538. The molecule has 1 aliphatic rings. The molecule has 1 atom stereocenters. The summed E-state index contributed by atoms with van der Waals surface area (Å²) in [5, 5.41) is 0. The molecule has 2 N–H and O–H groups in total. The first kappa shape index (κ1) is 21.5. The van der Waals surface area contributed by atoms with E-state index in [4.69, 9.17) is 15.2 Å². The largest absolute Gasteiger partial charge is 0.472 e. The molecule has 7 heteroatoms. The maximum Gasteiger partial charge on any atom is 0.226 e. The minimum absolute atomic E-state index is 0.00966. The summed E-state index contributed by atoms with van der Waals surface area (Å²) in [7, 11) is 0. The second-order valence-electron chi connectivity index (χ2n) is 7.67. The van der Waals surface area contributed by atoms with Crippen molar-refractivity contribution in [3.8, 4) is 28.5 Å². The summed E-state index contributed by atoms with van der Waals surface area (Å²) in [6, 6.07) is 17.2. The van der Waals surface area contributed by atoms with Crippen LogP contribution in [0.5, 0.6) is 17.4 Å². The van der Waals surface area contributed by atoms with Crippen LogP contribution in [0.2, 0.25) is 0 Å². The predicted octanol–water partition coefficient (Wildman–Crippen LogP) is 4.12. The van der Waals surface area contributed by atoms with Gasteiger partial charge in [-0.2, -0.15) is 0 Å². The molecule has 2 heterocycles. The number of anilines is 1. The number of likely N-dealkylation sites (tertiary alicyclic amines) is 1. The van der Waals surface area contributed by atoms with Gasteiger partial charge in [0.15, 0.2) is 5.78 Å². The molecule has 1 saturated heterocycles. The topological polar surface area (TPSA) is 90.6 Å². The molecule has 3 aromatic rings. The van der Waals surface area contributed by atoms with Crippen molar-refractivity contribution in [2.24, 2.45) is 0 Å². The molecule has 2 aromatic carbocycles. The van der Waals surface area contributed by atoms with Gasteiger partial charge >= 0.3 is 0 Å². The lowest BCUT2D eigenvalue weighted by molar-refractivity contribution is -0.116. The van der Waals surface area contributed by atoms with Gasteiger partial charge in [0, 0.05) is 6.54 Å². The molecule has 164 valence electrons. The number of nitrogens with two attached hydrogens (primary N) is 1. The molecule has 0 aliphatic carbocycles. The molecule has 4 rings (SSSR count). The molecular formula is C25H26N4O3. The van der Waals surface area contributed by atoms with E-state index in [9.17, 15) is 4.79 Å². The van der Waals surface area contributed by atoms with Gasteiger partial charge in [-0.05, 0) is 55.3 Å². The van der Waals surface area contributed by atoms with Crippen molar-refractivity contribution in [2.45, 2.75) is 18.9 Å². The molecule has 0 spiro atoms. The van der Waals surface area contributed by atoms with E-state index in [2.05, 4.69) is 21.4 Å². The number of benzene rings is 2. The van der Waals surface area contributed by atoms with Gasteiger partial charge in [0.05, 0.1) is 12.1 Å². The van der Waals surface area contributed by atoms with Gasteiger partial charge in [-0.1, -0.05) is 36.9 Å². The number of aromatic nitrogens is 2. The molecule has 32 heavy (non-hydrogen) atoms. The highest BCUT2D eigenvalue weighted by molar-refractivity contribution is 5.90. The smallest absolute Gasteiger partial charge is 0.226 e. The number of para-hydroxylation sites is 1. The Bertz CT molecular complexity index is 1070. The van der Waals surface area contributed by atoms with Gasteiger partial charge < -0.3 is 15.2 Å². The summed E-state index contributed by atoms with van der Waals surface area (Å²) in [5.74, 6) is 2.28. The van der Waals surface area contributed by atoms with Crippen molar-refractivity contribution < 1.29 is 14.3 Å². The maximum absolute atomic E-state index is 11.7. The first-order valence-corrected chi connectivity index (χ1v) is 10.6. The van der Waals surface area contributed by atoms with Gasteiger partial charge in [-0.25, -0.2) is 9.97 Å². The number of hydrogen-bond donors (Lipinski definition) is 1. The number of carbonyl (C=O) groups excluding carboxylic acids is 1. The zero-order valence-corrected chi connectivity index (χ0v) is 17.8. The van der Waals surface area contributed by atoms with E-state index >= 15 is 0 Å². The summed E-state index contributed by atoms with van der Waals surface area (Å²) in [6.45, 7) is 5.41. The van der Waals surface area contributed by atoms with Crippen molar-refractivity contribution in [3.05, 3.63) is 73.6 Å². The maximum atomic E-state index is 11.7. The highest BCUT2D eigenvalue weighted by atomic mass is 16.5. The van der Waals surface area contributed by atoms with Crippen LogP contribution >= 0.6 is 0 Å². The molecule has 7 nitrogen and oxygen atoms in total. The fraction of sp³-hybridized carbons (Fsp3) is 0.240. The number of ether oxygens (including phenoxy) is 2. The van der Waals surface area contributed by atoms with Gasteiger partial charge in [0.25, 0.3) is 0 Å². The monoisotopic (exact) mass is 430 g/mol. The molecule has 0 unspecified atom stereocenters. The van der Waals surface area contributed by atoms with E-state index in [1.165, 1.54) is 12.4 Å². The van der Waals surface area contributed by atoms with Gasteiger partial charge in [0.2, 0.25) is 5.88 Å². The predicted molar refractivity (Wildman–Crippen MR) is 124 cm³/mol. The van der Waals surface area contributed by atoms with Crippen molar-refractivity contribution >= 4 is 11.6 Å².